The van der Waals surface area contributed by atoms with E-state index in [-0.39, 0.29) is 19.4 Å². The first-order valence-corrected chi connectivity index (χ1v) is 20.8. The second-order valence-corrected chi connectivity index (χ2v) is 16.6. The zero-order chi connectivity index (χ0) is 46.0. The number of nitrogens with one attached hydrogen (secondary N) is 4. The summed E-state index contributed by atoms with van der Waals surface area (Å²) in [6.45, 7) is 8.94. The van der Waals surface area contributed by atoms with Crippen molar-refractivity contribution in [1.82, 2.24) is 26.2 Å². The molecule has 0 saturated carbocycles. The van der Waals surface area contributed by atoms with Crippen LogP contribution in [0.25, 0.3) is 22.3 Å². The van der Waals surface area contributed by atoms with E-state index in [1.165, 1.54) is 33.1 Å². The predicted octanol–water partition coefficient (Wildman–Crippen LogP) is 5.97. The largest absolute Gasteiger partial charge is 0.496 e. The number of likely N-dealkylation sites (N-methyl/N-ethyl adjacent to an activating group) is 1. The summed E-state index contributed by atoms with van der Waals surface area (Å²) in [5.41, 5.74) is 4.55. The fourth-order valence-corrected chi connectivity index (χ4v) is 7.25. The minimum Gasteiger partial charge on any atom is -0.496 e. The summed E-state index contributed by atoms with van der Waals surface area (Å²) in [5.74, 6) is -3.06. The van der Waals surface area contributed by atoms with Crippen molar-refractivity contribution in [1.29, 1.82) is 0 Å². The number of carbonyl (C=O) groups excluding carboxylic acids is 5. The molecule has 0 spiro atoms. The number of carboxylic acid groups (broad SMARTS) is 1. The van der Waals surface area contributed by atoms with Crippen LogP contribution in [0, 0.1) is 6.92 Å². The third-order valence-corrected chi connectivity index (χ3v) is 10.6. The second kappa shape index (κ2) is 20.8. The summed E-state index contributed by atoms with van der Waals surface area (Å²) in [7, 11) is 4.40. The maximum Gasteiger partial charge on any atom is 0.407 e. The Labute approximate surface area is 367 Å². The van der Waals surface area contributed by atoms with Gasteiger partial charge in [0.1, 0.15) is 41.3 Å². The first kappa shape index (κ1) is 47.2. The average Bonchev–Trinajstić information content (AvgIpc) is 3.24. The van der Waals surface area contributed by atoms with Crippen molar-refractivity contribution in [3.63, 3.8) is 0 Å². The Balaban J connectivity index is 1.51. The Kier molecular flexibility index (Phi) is 15.6. The Morgan fingerprint density at radius 2 is 1.43 bits per heavy atom. The van der Waals surface area contributed by atoms with Gasteiger partial charge in [-0.3, -0.25) is 19.2 Å². The van der Waals surface area contributed by atoms with E-state index in [2.05, 4.69) is 21.3 Å². The van der Waals surface area contributed by atoms with Gasteiger partial charge in [-0.1, -0.05) is 54.1 Å². The van der Waals surface area contributed by atoms with Gasteiger partial charge in [0.2, 0.25) is 17.7 Å². The molecule has 1 aliphatic rings. The molecule has 5 rings (SSSR count). The summed E-state index contributed by atoms with van der Waals surface area (Å²) < 4.78 is 16.8. The summed E-state index contributed by atoms with van der Waals surface area (Å²) >= 11 is 0. The molecule has 4 aromatic rings. The molecule has 5 amide bonds. The van der Waals surface area contributed by atoms with Crippen molar-refractivity contribution in [2.24, 2.45) is 0 Å². The van der Waals surface area contributed by atoms with Crippen LogP contribution < -0.4 is 30.7 Å². The van der Waals surface area contributed by atoms with Crippen LogP contribution in [0.15, 0.2) is 84.9 Å². The number of benzene rings is 4. The van der Waals surface area contributed by atoms with Gasteiger partial charge in [0.15, 0.2) is 0 Å². The van der Waals surface area contributed by atoms with Crippen molar-refractivity contribution >= 4 is 35.7 Å². The van der Waals surface area contributed by atoms with Crippen molar-refractivity contribution in [2.75, 3.05) is 27.8 Å². The number of carbonyl (C=O) groups is 6. The van der Waals surface area contributed by atoms with Crippen LogP contribution in [0.5, 0.6) is 11.5 Å². The van der Waals surface area contributed by atoms with Gasteiger partial charge in [0.25, 0.3) is 5.91 Å². The van der Waals surface area contributed by atoms with Gasteiger partial charge in [-0.2, -0.15) is 0 Å². The molecule has 15 heteroatoms. The highest BCUT2D eigenvalue weighted by Gasteiger charge is 2.36. The van der Waals surface area contributed by atoms with E-state index in [0.29, 0.717) is 52.2 Å². The van der Waals surface area contributed by atoms with Crippen molar-refractivity contribution in [3.05, 3.63) is 107 Å². The Morgan fingerprint density at radius 3 is 2.03 bits per heavy atom. The molecule has 0 fully saturated rings. The van der Waals surface area contributed by atoms with Crippen LogP contribution in [0.1, 0.15) is 80.0 Å². The minimum atomic E-state index is -1.37. The van der Waals surface area contributed by atoms with Gasteiger partial charge in [-0.15, -0.1) is 0 Å². The summed E-state index contributed by atoms with van der Waals surface area (Å²) in [6, 6.07) is 20.0. The van der Waals surface area contributed by atoms with Crippen LogP contribution in [-0.2, 0) is 30.3 Å². The van der Waals surface area contributed by atoms with Crippen molar-refractivity contribution < 1.29 is 48.1 Å². The number of hydrogen-bond acceptors (Lipinski definition) is 9. The number of carboxylic acids is 1. The molecule has 334 valence electrons. The van der Waals surface area contributed by atoms with Gasteiger partial charge < -0.3 is 45.5 Å². The number of hydrogen-bond donors (Lipinski definition) is 5. The van der Waals surface area contributed by atoms with Crippen LogP contribution in [0.2, 0.25) is 0 Å². The van der Waals surface area contributed by atoms with Crippen LogP contribution in [0.3, 0.4) is 0 Å². The van der Waals surface area contributed by atoms with E-state index in [4.69, 9.17) is 14.2 Å². The number of ether oxygens (including phenoxy) is 3. The quantitative estimate of drug-likeness (QED) is 0.0998. The lowest BCUT2D eigenvalue weighted by Gasteiger charge is -2.32. The highest BCUT2D eigenvalue weighted by molar-refractivity contribution is 5.99. The van der Waals surface area contributed by atoms with E-state index < -0.39 is 65.5 Å². The Morgan fingerprint density at radius 1 is 0.825 bits per heavy atom. The zero-order valence-corrected chi connectivity index (χ0v) is 37.0. The average molecular weight is 864 g/mol. The van der Waals surface area contributed by atoms with E-state index >= 15 is 0 Å². The molecular weight excluding hydrogens is 807 g/mol. The molecule has 4 aromatic carbocycles. The lowest BCUT2D eigenvalue weighted by atomic mass is 9.93. The van der Waals surface area contributed by atoms with Crippen molar-refractivity contribution in [2.45, 2.75) is 90.1 Å². The molecule has 0 aromatic heterocycles. The SMILES string of the molecule is COc1ccc2cc1-c1cc(ccc1OC)[C@H](N(C)C(=O)[C@H](CCCCNC(=O)OC(C)(C)C)NC(=O)c1ccc(-c3ccc(C)cc3)cc1)C(=O)N[C@@H](C)C(=O)N[C@H](C(=O)O)C2. The summed E-state index contributed by atoms with van der Waals surface area (Å²) in [6.07, 6.45) is 0.302. The van der Waals surface area contributed by atoms with E-state index in [1.54, 1.807) is 69.3 Å². The molecule has 1 heterocycles. The van der Waals surface area contributed by atoms with E-state index in [1.807, 2.05) is 43.3 Å². The lowest BCUT2D eigenvalue weighted by molar-refractivity contribution is -0.143. The number of amides is 5. The monoisotopic (exact) mass is 863 g/mol. The second-order valence-electron chi connectivity index (χ2n) is 16.6. The minimum absolute atomic E-state index is 0.0678. The molecule has 0 aliphatic carbocycles. The van der Waals surface area contributed by atoms with Crippen molar-refractivity contribution in [3.8, 4) is 33.8 Å². The molecule has 1 aliphatic heterocycles. The number of nitrogens with zero attached hydrogens (tertiary/aromatic N) is 1. The first-order valence-electron chi connectivity index (χ1n) is 20.8. The molecule has 0 saturated heterocycles. The molecule has 15 nitrogen and oxygen atoms in total. The number of methoxy groups -OCH3 is 2. The number of rotatable bonds is 13. The number of alkyl carbamates (subject to hydrolysis) is 1. The molecular formula is C48H57N5O10. The number of fused-ring (bicyclic) bond motifs is 5. The molecule has 0 radical (unpaired) electrons. The van der Waals surface area contributed by atoms with Gasteiger partial charge in [0, 0.05) is 36.7 Å². The van der Waals surface area contributed by atoms with E-state index in [0.717, 1.165) is 16.7 Å². The Hall–Kier alpha value is -6.90. The molecule has 4 bridgehead atoms. The van der Waals surface area contributed by atoms with Gasteiger partial charge in [0.05, 0.1) is 14.2 Å². The number of unbranched alkanes of at least 4 members (excludes halogenated alkanes) is 1. The maximum atomic E-state index is 14.8. The molecule has 5 N–H and O–H groups in total. The third kappa shape index (κ3) is 12.4. The number of aryl methyl sites for hydroxylation is 1. The topological polar surface area (TPSA) is 202 Å². The summed E-state index contributed by atoms with van der Waals surface area (Å²) in [4.78, 5) is 82.4. The predicted molar refractivity (Wildman–Crippen MR) is 237 cm³/mol. The van der Waals surface area contributed by atoms with Crippen LogP contribution in [0.4, 0.5) is 4.79 Å². The molecule has 0 unspecified atom stereocenters. The highest BCUT2D eigenvalue weighted by atomic mass is 16.6. The highest BCUT2D eigenvalue weighted by Crippen LogP contribution is 2.40. The lowest BCUT2D eigenvalue weighted by Crippen LogP contribution is -2.54. The fraction of sp³-hybridized carbons (Fsp3) is 0.375. The normalized spacial score (nSPS) is 16.9. The molecule has 4 atom stereocenters. The fourth-order valence-electron chi connectivity index (χ4n) is 7.25. The van der Waals surface area contributed by atoms with Gasteiger partial charge in [-0.05, 0) is 113 Å². The van der Waals surface area contributed by atoms with Gasteiger partial charge >= 0.3 is 12.1 Å². The zero-order valence-electron chi connectivity index (χ0n) is 37.0. The number of aliphatic carboxylic acids is 1. The molecule has 63 heavy (non-hydrogen) atoms. The third-order valence-electron chi connectivity index (χ3n) is 10.6. The van der Waals surface area contributed by atoms with Crippen LogP contribution in [-0.4, -0.2) is 97.2 Å². The van der Waals surface area contributed by atoms with Gasteiger partial charge in [-0.25, -0.2) is 9.59 Å². The standard InChI is InChI=1S/C48H57N5O10/c1-28-12-15-31(16-13-28)32-17-19-33(20-18-32)43(55)51-37(11-9-10-24-49-47(60)63-48(3,4)5)45(57)53(6)41-34-21-23-40(62-8)36(27-34)35-25-30(14-22-39(35)61-7)26-38(46(58)59)52-42(54)29(2)50-44(41)56/h12-23,25,27,29,37-38,41H,9-11,24,26H2,1-8H3,(H,49,60)(H,50,56)(H,51,55)(H,52,54)(H,58,59)/t29-,37-,38-,41-/m0/s1. The smallest absolute Gasteiger partial charge is 0.407 e. The first-order chi connectivity index (χ1) is 29.9. The maximum absolute atomic E-state index is 14.8. The van der Waals surface area contributed by atoms with E-state index in [9.17, 15) is 33.9 Å². The Bertz CT molecular complexity index is 2310. The van der Waals surface area contributed by atoms with Crippen LogP contribution >= 0.6 is 0 Å². The summed E-state index contributed by atoms with van der Waals surface area (Å²) in [5, 5.41) is 20.9.